The number of benzene rings is 2. The Morgan fingerprint density at radius 3 is 2.69 bits per heavy atom. The van der Waals surface area contributed by atoms with Gasteiger partial charge >= 0.3 is 0 Å². The molecule has 1 heterocycles. The molecule has 0 aliphatic rings. The highest BCUT2D eigenvalue weighted by atomic mass is 35.5. The minimum atomic E-state index is -0.538. The number of hydrogen-bond donors (Lipinski definition) is 0. The molecule has 2 aromatic carbocycles. The highest BCUT2D eigenvalue weighted by Crippen LogP contribution is 2.33. The van der Waals surface area contributed by atoms with E-state index in [2.05, 4.69) is 0 Å². The lowest BCUT2D eigenvalue weighted by Crippen LogP contribution is -1.88. The van der Waals surface area contributed by atoms with E-state index < -0.39 is 10.7 Å². The van der Waals surface area contributed by atoms with Crippen LogP contribution in [0.1, 0.15) is 11.3 Å². The van der Waals surface area contributed by atoms with Crippen molar-refractivity contribution in [2.75, 3.05) is 0 Å². The fourth-order valence-corrected chi connectivity index (χ4v) is 2.64. The van der Waals surface area contributed by atoms with Crippen LogP contribution in [0.5, 0.6) is 0 Å². The maximum absolute atomic E-state index is 13.3. The highest BCUT2D eigenvalue weighted by Gasteiger charge is 2.13. The van der Waals surface area contributed by atoms with Crippen molar-refractivity contribution in [1.29, 1.82) is 5.26 Å². The summed E-state index contributed by atoms with van der Waals surface area (Å²) < 4.78 is 19.0. The van der Waals surface area contributed by atoms with Gasteiger partial charge in [-0.15, -0.1) is 0 Å². The minimum Gasteiger partial charge on any atom is -0.457 e. The first-order chi connectivity index (χ1) is 12.5. The molecule has 0 N–H and O–H groups in total. The summed E-state index contributed by atoms with van der Waals surface area (Å²) in [7, 11) is 0. The molecule has 0 aliphatic heterocycles. The van der Waals surface area contributed by atoms with E-state index in [1.54, 1.807) is 18.2 Å². The molecular weight excluding hydrogens is 359 g/mol. The van der Waals surface area contributed by atoms with Crippen LogP contribution in [0.4, 0.5) is 10.1 Å². The third-order valence-corrected chi connectivity index (χ3v) is 3.91. The van der Waals surface area contributed by atoms with Gasteiger partial charge in [0.1, 0.15) is 17.3 Å². The molecule has 0 saturated heterocycles. The van der Waals surface area contributed by atoms with Crippen LogP contribution in [-0.4, -0.2) is 4.92 Å². The summed E-state index contributed by atoms with van der Waals surface area (Å²) in [6, 6.07) is 15.0. The molecule has 0 saturated carbocycles. The van der Waals surface area contributed by atoms with Crippen LogP contribution in [0.2, 0.25) is 5.02 Å². The summed E-state index contributed by atoms with van der Waals surface area (Å²) in [6.45, 7) is 0. The number of rotatable bonds is 4. The van der Waals surface area contributed by atoms with E-state index in [1.165, 1.54) is 42.5 Å². The Morgan fingerprint density at radius 1 is 1.23 bits per heavy atom. The van der Waals surface area contributed by atoms with E-state index >= 15 is 0 Å². The SMILES string of the molecule is N#C/C(=C\c1ccc(-c2ccc([N+](=O)[O-])cc2Cl)o1)c1cccc(F)c1. The van der Waals surface area contributed by atoms with Crippen molar-refractivity contribution >= 4 is 28.9 Å². The van der Waals surface area contributed by atoms with Gasteiger partial charge in [-0.05, 0) is 42.0 Å². The molecule has 128 valence electrons. The fourth-order valence-electron chi connectivity index (χ4n) is 2.37. The molecule has 7 heteroatoms. The van der Waals surface area contributed by atoms with Gasteiger partial charge < -0.3 is 4.42 Å². The molecule has 0 amide bonds. The Bertz CT molecular complexity index is 1070. The molecule has 26 heavy (non-hydrogen) atoms. The van der Waals surface area contributed by atoms with Crippen molar-refractivity contribution in [2.45, 2.75) is 0 Å². The van der Waals surface area contributed by atoms with Crippen molar-refractivity contribution < 1.29 is 13.7 Å². The fraction of sp³-hybridized carbons (Fsp3) is 0. The monoisotopic (exact) mass is 368 g/mol. The van der Waals surface area contributed by atoms with Crippen molar-refractivity contribution in [3.05, 3.63) is 86.9 Å². The van der Waals surface area contributed by atoms with E-state index in [4.69, 9.17) is 16.0 Å². The molecule has 0 radical (unpaired) electrons. The first kappa shape index (κ1) is 17.4. The number of halogens is 2. The molecule has 0 spiro atoms. The largest absolute Gasteiger partial charge is 0.457 e. The number of nitrogens with zero attached hydrogens (tertiary/aromatic N) is 2. The zero-order valence-electron chi connectivity index (χ0n) is 13.1. The van der Waals surface area contributed by atoms with Gasteiger partial charge in [0.2, 0.25) is 0 Å². The van der Waals surface area contributed by atoms with Crippen molar-refractivity contribution in [2.24, 2.45) is 0 Å². The third kappa shape index (κ3) is 3.63. The average molecular weight is 369 g/mol. The number of non-ortho nitro benzene ring substituents is 1. The average Bonchev–Trinajstić information content (AvgIpc) is 3.07. The van der Waals surface area contributed by atoms with E-state index in [9.17, 15) is 19.8 Å². The van der Waals surface area contributed by atoms with Crippen LogP contribution in [0.3, 0.4) is 0 Å². The zero-order valence-corrected chi connectivity index (χ0v) is 13.9. The van der Waals surface area contributed by atoms with Gasteiger partial charge in [-0.2, -0.15) is 5.26 Å². The van der Waals surface area contributed by atoms with Crippen LogP contribution in [0.25, 0.3) is 23.0 Å². The molecule has 3 rings (SSSR count). The predicted molar refractivity (Wildman–Crippen MR) is 95.7 cm³/mol. The van der Waals surface area contributed by atoms with E-state index in [0.717, 1.165) is 0 Å². The number of nitriles is 1. The number of furan rings is 1. The molecule has 5 nitrogen and oxygen atoms in total. The van der Waals surface area contributed by atoms with Crippen LogP contribution in [0, 0.1) is 27.3 Å². The van der Waals surface area contributed by atoms with Gasteiger partial charge in [0.05, 0.1) is 21.6 Å². The predicted octanol–water partition coefficient (Wildman–Crippen LogP) is 5.71. The Labute approximate surface area is 152 Å². The number of nitro groups is 1. The van der Waals surface area contributed by atoms with Crippen LogP contribution >= 0.6 is 11.6 Å². The number of allylic oxidation sites excluding steroid dienone is 1. The van der Waals surface area contributed by atoms with Crippen LogP contribution < -0.4 is 0 Å². The van der Waals surface area contributed by atoms with Crippen molar-refractivity contribution in [3.63, 3.8) is 0 Å². The van der Waals surface area contributed by atoms with Gasteiger partial charge in [0, 0.05) is 17.7 Å². The summed E-state index contributed by atoms with van der Waals surface area (Å²) in [4.78, 5) is 10.2. The summed E-state index contributed by atoms with van der Waals surface area (Å²) >= 11 is 6.09. The summed E-state index contributed by atoms with van der Waals surface area (Å²) in [6.07, 6.45) is 1.48. The Kier molecular flexibility index (Phi) is 4.83. The maximum Gasteiger partial charge on any atom is 0.270 e. The normalized spacial score (nSPS) is 11.2. The highest BCUT2D eigenvalue weighted by molar-refractivity contribution is 6.33. The van der Waals surface area contributed by atoms with Crippen LogP contribution in [0.15, 0.2) is 59.0 Å². The lowest BCUT2D eigenvalue weighted by atomic mass is 10.1. The molecule has 0 atom stereocenters. The van der Waals surface area contributed by atoms with Gasteiger partial charge in [-0.3, -0.25) is 10.1 Å². The van der Waals surface area contributed by atoms with Crippen LogP contribution in [-0.2, 0) is 0 Å². The maximum atomic E-state index is 13.3. The van der Waals surface area contributed by atoms with E-state index in [0.29, 0.717) is 22.6 Å². The number of hydrogen-bond acceptors (Lipinski definition) is 4. The zero-order chi connectivity index (χ0) is 18.7. The van der Waals surface area contributed by atoms with Gasteiger partial charge in [-0.25, -0.2) is 4.39 Å². The summed E-state index contributed by atoms with van der Waals surface area (Å²) in [5, 5.41) is 20.3. The van der Waals surface area contributed by atoms with Crippen molar-refractivity contribution in [3.8, 4) is 17.4 Å². The minimum absolute atomic E-state index is 0.122. The smallest absolute Gasteiger partial charge is 0.270 e. The topological polar surface area (TPSA) is 80.1 Å². The third-order valence-electron chi connectivity index (χ3n) is 3.60. The lowest BCUT2D eigenvalue weighted by Gasteiger charge is -2.01. The summed E-state index contributed by atoms with van der Waals surface area (Å²) in [5.41, 5.74) is 1.03. The van der Waals surface area contributed by atoms with Gasteiger partial charge in [-0.1, -0.05) is 23.7 Å². The quantitative estimate of drug-likeness (QED) is 0.335. The van der Waals surface area contributed by atoms with Crippen molar-refractivity contribution in [1.82, 2.24) is 0 Å². The Balaban J connectivity index is 1.95. The van der Waals surface area contributed by atoms with Gasteiger partial charge in [0.15, 0.2) is 0 Å². The Hall–Kier alpha value is -3.43. The number of nitro benzene ring substituents is 1. The summed E-state index contributed by atoms with van der Waals surface area (Å²) in [5.74, 6) is 0.323. The molecule has 0 fully saturated rings. The van der Waals surface area contributed by atoms with Gasteiger partial charge in [0.25, 0.3) is 5.69 Å². The molecule has 3 aromatic rings. The molecule has 1 aromatic heterocycles. The molecule has 0 aliphatic carbocycles. The lowest BCUT2D eigenvalue weighted by molar-refractivity contribution is -0.384. The Morgan fingerprint density at radius 2 is 2.04 bits per heavy atom. The van der Waals surface area contributed by atoms with E-state index in [1.807, 2.05) is 6.07 Å². The molecular formula is C19H10ClFN2O3. The first-order valence-electron chi connectivity index (χ1n) is 7.40. The molecule has 0 unspecified atom stereocenters. The first-order valence-corrected chi connectivity index (χ1v) is 7.77. The molecule has 0 bridgehead atoms. The van der Waals surface area contributed by atoms with E-state index in [-0.39, 0.29) is 16.3 Å². The second-order valence-electron chi connectivity index (χ2n) is 5.30. The standard InChI is InChI=1S/C19H10ClFN2O3/c20-18-10-15(23(24)25)4-6-17(18)19-7-5-16(26-19)9-13(11-22)12-2-1-3-14(21)8-12/h1-10H/b13-9+. The second-order valence-corrected chi connectivity index (χ2v) is 5.71. The second kappa shape index (κ2) is 7.21.